The fourth-order valence-corrected chi connectivity index (χ4v) is 8.12. The third-order valence-electron chi connectivity index (χ3n) is 9.97. The minimum Gasteiger partial charge on any atom is -0.309 e. The third kappa shape index (κ3) is 3.19. The van der Waals surface area contributed by atoms with Crippen molar-refractivity contribution < 1.29 is 0 Å². The van der Waals surface area contributed by atoms with E-state index < -0.39 is 0 Å². The van der Waals surface area contributed by atoms with E-state index in [-0.39, 0.29) is 0 Å². The van der Waals surface area contributed by atoms with Crippen molar-refractivity contribution in [2.45, 2.75) is 0 Å². The molecule has 4 heterocycles. The highest BCUT2D eigenvalue weighted by Gasteiger charge is 2.24. The quantitative estimate of drug-likeness (QED) is 0.182. The summed E-state index contributed by atoms with van der Waals surface area (Å²) < 4.78 is 7.26. The van der Waals surface area contributed by atoms with Crippen LogP contribution >= 0.6 is 0 Å². The van der Waals surface area contributed by atoms with Gasteiger partial charge in [0.25, 0.3) is 0 Å². The number of nitrogens with zero attached hydrogens (tertiary/aromatic N) is 4. The summed E-state index contributed by atoms with van der Waals surface area (Å²) in [6, 6.07) is 56.8. The largest absolute Gasteiger partial charge is 0.309 e. The second-order valence-electron chi connectivity index (χ2n) is 12.4. The molecule has 0 spiro atoms. The van der Waals surface area contributed by atoms with Gasteiger partial charge in [-0.15, -0.1) is 0 Å². The number of benzene rings is 7. The van der Waals surface area contributed by atoms with E-state index in [1.165, 1.54) is 59.9 Å². The molecule has 0 saturated carbocycles. The van der Waals surface area contributed by atoms with Gasteiger partial charge in [0.15, 0.2) is 0 Å². The Morgan fingerprint density at radius 1 is 0.340 bits per heavy atom. The SMILES string of the molecule is c1ccc(-n2c3ccccc3c3c2ccc2c4ccc5c6ccccc6n(-c6ccccc6)c5c4c4nc5ccccc5n4c23)cc1. The molecule has 218 valence electrons. The minimum absolute atomic E-state index is 0.975. The average Bonchev–Trinajstić information content (AvgIpc) is 3.80. The molecule has 0 amide bonds. The van der Waals surface area contributed by atoms with Gasteiger partial charge < -0.3 is 9.13 Å². The molecule has 0 atom stereocenters. The van der Waals surface area contributed by atoms with Gasteiger partial charge in [0.1, 0.15) is 5.65 Å². The topological polar surface area (TPSA) is 27.2 Å². The molecule has 4 aromatic heterocycles. The highest BCUT2D eigenvalue weighted by Crippen LogP contribution is 2.45. The van der Waals surface area contributed by atoms with Crippen molar-refractivity contribution in [2.75, 3.05) is 0 Å². The summed E-state index contributed by atoms with van der Waals surface area (Å²) in [5.41, 5.74) is 11.3. The Morgan fingerprint density at radius 3 is 1.66 bits per heavy atom. The predicted molar refractivity (Wildman–Crippen MR) is 196 cm³/mol. The van der Waals surface area contributed by atoms with E-state index in [0.717, 1.165) is 33.4 Å². The number of pyridine rings is 1. The number of aromatic nitrogens is 4. The zero-order chi connectivity index (χ0) is 30.6. The van der Waals surface area contributed by atoms with E-state index in [1.54, 1.807) is 0 Å². The number of hydrogen-bond acceptors (Lipinski definition) is 1. The molecule has 0 aliphatic heterocycles. The Bertz CT molecular complexity index is 3050. The van der Waals surface area contributed by atoms with E-state index in [9.17, 15) is 0 Å². The Balaban J connectivity index is 1.45. The van der Waals surface area contributed by atoms with Gasteiger partial charge in [0, 0.05) is 38.3 Å². The number of rotatable bonds is 2. The summed E-state index contributed by atoms with van der Waals surface area (Å²) in [5, 5.41) is 8.52. The van der Waals surface area contributed by atoms with Crippen LogP contribution in [0.2, 0.25) is 0 Å². The molecule has 4 nitrogen and oxygen atoms in total. The molecule has 11 aromatic rings. The maximum absolute atomic E-state index is 5.44. The predicted octanol–water partition coefficient (Wildman–Crippen LogP) is 11.0. The molecule has 47 heavy (non-hydrogen) atoms. The molecule has 7 aromatic carbocycles. The van der Waals surface area contributed by atoms with Crippen molar-refractivity contribution in [1.82, 2.24) is 18.5 Å². The zero-order valence-corrected chi connectivity index (χ0v) is 25.3. The Kier molecular flexibility index (Phi) is 4.81. The molecule has 11 rings (SSSR count). The van der Waals surface area contributed by atoms with Gasteiger partial charge in [-0.25, -0.2) is 4.98 Å². The van der Waals surface area contributed by atoms with Crippen LogP contribution in [0.5, 0.6) is 0 Å². The molecular formula is C43H26N4. The highest BCUT2D eigenvalue weighted by atomic mass is 15.0. The fourth-order valence-electron chi connectivity index (χ4n) is 8.12. The van der Waals surface area contributed by atoms with Crippen LogP contribution in [0.25, 0.3) is 93.3 Å². The molecule has 0 aliphatic rings. The summed E-state index contributed by atoms with van der Waals surface area (Å²) in [6.45, 7) is 0. The first kappa shape index (κ1) is 24.9. The molecule has 0 radical (unpaired) electrons. The second kappa shape index (κ2) is 9.09. The lowest BCUT2D eigenvalue weighted by Crippen LogP contribution is -1.98. The molecule has 4 heteroatoms. The van der Waals surface area contributed by atoms with Crippen LogP contribution < -0.4 is 0 Å². The lowest BCUT2D eigenvalue weighted by atomic mass is 10.00. The Hall–Kier alpha value is -6.39. The van der Waals surface area contributed by atoms with Crippen LogP contribution in [0.1, 0.15) is 0 Å². The molecule has 0 saturated heterocycles. The van der Waals surface area contributed by atoms with Crippen molar-refractivity contribution >= 4 is 82.0 Å². The first-order valence-electron chi connectivity index (χ1n) is 16.1. The van der Waals surface area contributed by atoms with E-state index in [4.69, 9.17) is 4.98 Å². The Morgan fingerprint density at radius 2 is 0.894 bits per heavy atom. The molecule has 0 unspecified atom stereocenters. The minimum atomic E-state index is 0.975. The van der Waals surface area contributed by atoms with E-state index >= 15 is 0 Å². The van der Waals surface area contributed by atoms with E-state index in [0.29, 0.717) is 0 Å². The van der Waals surface area contributed by atoms with Gasteiger partial charge in [0.2, 0.25) is 0 Å². The molecule has 0 aliphatic carbocycles. The third-order valence-corrected chi connectivity index (χ3v) is 9.97. The van der Waals surface area contributed by atoms with Crippen molar-refractivity contribution in [3.8, 4) is 11.4 Å². The lowest BCUT2D eigenvalue weighted by Gasteiger charge is -2.14. The van der Waals surface area contributed by atoms with Crippen LogP contribution in [-0.4, -0.2) is 18.5 Å². The van der Waals surface area contributed by atoms with Crippen LogP contribution in [0.4, 0.5) is 0 Å². The van der Waals surface area contributed by atoms with Gasteiger partial charge in [-0.3, -0.25) is 4.40 Å². The van der Waals surface area contributed by atoms with Crippen molar-refractivity contribution in [3.05, 3.63) is 158 Å². The highest BCUT2D eigenvalue weighted by molar-refractivity contribution is 6.31. The number of para-hydroxylation sites is 6. The zero-order valence-electron chi connectivity index (χ0n) is 25.3. The number of hydrogen-bond donors (Lipinski definition) is 0. The monoisotopic (exact) mass is 598 g/mol. The van der Waals surface area contributed by atoms with Crippen LogP contribution in [-0.2, 0) is 0 Å². The first-order chi connectivity index (χ1) is 23.4. The fraction of sp³-hybridized carbons (Fsp3) is 0. The van der Waals surface area contributed by atoms with Crippen molar-refractivity contribution in [3.63, 3.8) is 0 Å². The van der Waals surface area contributed by atoms with Crippen LogP contribution in [0, 0.1) is 0 Å². The van der Waals surface area contributed by atoms with Gasteiger partial charge in [-0.2, -0.15) is 0 Å². The smallest absolute Gasteiger partial charge is 0.148 e. The first-order valence-corrected chi connectivity index (χ1v) is 16.1. The molecule has 0 N–H and O–H groups in total. The maximum atomic E-state index is 5.44. The summed E-state index contributed by atoms with van der Waals surface area (Å²) in [7, 11) is 0. The van der Waals surface area contributed by atoms with Crippen molar-refractivity contribution in [2.24, 2.45) is 0 Å². The number of fused-ring (bicyclic) bond motifs is 16. The van der Waals surface area contributed by atoms with Gasteiger partial charge in [0.05, 0.1) is 44.0 Å². The van der Waals surface area contributed by atoms with E-state index in [2.05, 4.69) is 171 Å². The van der Waals surface area contributed by atoms with Crippen molar-refractivity contribution in [1.29, 1.82) is 0 Å². The molecule has 0 bridgehead atoms. The summed E-state index contributed by atoms with van der Waals surface area (Å²) in [5.74, 6) is 0. The van der Waals surface area contributed by atoms with Gasteiger partial charge >= 0.3 is 0 Å². The Labute approximate surface area is 268 Å². The second-order valence-corrected chi connectivity index (χ2v) is 12.4. The standard InChI is InChI=1S/C43H26N4/c1-3-13-27(14-4-1)45-36-21-11-8-18-33(36)39-38(45)26-25-32-30-23-24-31-29-17-7-10-20-35(29)46(28-15-5-2-6-16-28)42(31)40(30)43-44-34-19-9-12-22-37(34)47(43)41(32)39/h1-26H. The summed E-state index contributed by atoms with van der Waals surface area (Å²) in [6.07, 6.45) is 0. The summed E-state index contributed by atoms with van der Waals surface area (Å²) >= 11 is 0. The number of imidazole rings is 1. The normalized spacial score (nSPS) is 12.3. The van der Waals surface area contributed by atoms with Crippen LogP contribution in [0.3, 0.4) is 0 Å². The maximum Gasteiger partial charge on any atom is 0.148 e. The van der Waals surface area contributed by atoms with Crippen LogP contribution in [0.15, 0.2) is 158 Å². The summed E-state index contributed by atoms with van der Waals surface area (Å²) in [4.78, 5) is 5.44. The average molecular weight is 599 g/mol. The van der Waals surface area contributed by atoms with E-state index in [1.807, 2.05) is 0 Å². The lowest BCUT2D eigenvalue weighted by molar-refractivity contribution is 1.18. The van der Waals surface area contributed by atoms with Gasteiger partial charge in [-0.05, 0) is 60.0 Å². The van der Waals surface area contributed by atoms with Gasteiger partial charge in [-0.1, -0.05) is 103 Å². The molecule has 0 fully saturated rings. The molecular weight excluding hydrogens is 573 g/mol.